The van der Waals surface area contributed by atoms with Crippen molar-refractivity contribution in [3.8, 4) is 0 Å². The average Bonchev–Trinajstić information content (AvgIpc) is 3.43. The van der Waals surface area contributed by atoms with Gasteiger partial charge in [0.2, 0.25) is 0 Å². The summed E-state index contributed by atoms with van der Waals surface area (Å²) in [4.78, 5) is 12.4. The number of hydrogen-bond acceptors (Lipinski definition) is 2. The van der Waals surface area contributed by atoms with Crippen molar-refractivity contribution in [3.63, 3.8) is 0 Å². The molecule has 4 nitrogen and oxygen atoms in total. The molecule has 2 saturated carbocycles. The monoisotopic (exact) mass is 334 g/mol. The quantitative estimate of drug-likeness (QED) is 0.886. The lowest BCUT2D eigenvalue weighted by molar-refractivity contribution is 0.0335. The Bertz CT molecular complexity index is 579. The van der Waals surface area contributed by atoms with Crippen molar-refractivity contribution < 1.29 is 9.53 Å². The van der Waals surface area contributed by atoms with Gasteiger partial charge in [-0.05, 0) is 55.7 Å². The van der Waals surface area contributed by atoms with Crippen molar-refractivity contribution >= 4 is 17.6 Å². The molecular weight excluding hydrogens is 312 g/mol. The van der Waals surface area contributed by atoms with Crippen molar-refractivity contribution in [1.82, 2.24) is 10.6 Å². The van der Waals surface area contributed by atoms with Crippen LogP contribution in [0.15, 0.2) is 24.3 Å². The summed E-state index contributed by atoms with van der Waals surface area (Å²) in [7, 11) is 0. The first-order valence-electron chi connectivity index (χ1n) is 8.58. The molecule has 0 spiro atoms. The number of halogens is 1. The van der Waals surface area contributed by atoms with Crippen LogP contribution in [0.4, 0.5) is 4.79 Å². The van der Waals surface area contributed by atoms with Crippen LogP contribution >= 0.6 is 11.6 Å². The molecule has 3 aliphatic rings. The van der Waals surface area contributed by atoms with Crippen LogP contribution in [0.3, 0.4) is 0 Å². The number of urea groups is 1. The summed E-state index contributed by atoms with van der Waals surface area (Å²) < 4.78 is 5.48. The molecule has 3 fully saturated rings. The molecule has 0 unspecified atom stereocenters. The molecule has 5 heteroatoms. The van der Waals surface area contributed by atoms with Crippen molar-refractivity contribution in [2.45, 2.75) is 49.6 Å². The van der Waals surface area contributed by atoms with Crippen LogP contribution < -0.4 is 10.6 Å². The van der Waals surface area contributed by atoms with E-state index in [1.54, 1.807) is 0 Å². The third kappa shape index (κ3) is 3.33. The van der Waals surface area contributed by atoms with Gasteiger partial charge in [0.1, 0.15) is 0 Å². The summed E-state index contributed by atoms with van der Waals surface area (Å²) in [5.74, 6) is 1.06. The van der Waals surface area contributed by atoms with Crippen molar-refractivity contribution in [2.75, 3.05) is 13.2 Å². The summed E-state index contributed by atoms with van der Waals surface area (Å²) >= 11 is 5.93. The second kappa shape index (κ2) is 5.99. The topological polar surface area (TPSA) is 50.4 Å². The maximum Gasteiger partial charge on any atom is 0.315 e. The lowest BCUT2D eigenvalue weighted by atomic mass is 9.85. The van der Waals surface area contributed by atoms with Crippen LogP contribution in [0.5, 0.6) is 0 Å². The maximum absolute atomic E-state index is 12.4. The van der Waals surface area contributed by atoms with Crippen LogP contribution in [-0.4, -0.2) is 30.8 Å². The van der Waals surface area contributed by atoms with E-state index in [0.717, 1.165) is 37.5 Å². The first-order valence-corrected chi connectivity index (χ1v) is 8.96. The molecule has 2 aliphatic carbocycles. The van der Waals surface area contributed by atoms with Gasteiger partial charge in [-0.15, -0.1) is 0 Å². The zero-order chi connectivity index (χ0) is 15.9. The van der Waals surface area contributed by atoms with Gasteiger partial charge in [0, 0.05) is 35.7 Å². The van der Waals surface area contributed by atoms with E-state index in [1.165, 1.54) is 18.4 Å². The Kier molecular flexibility index (Phi) is 3.98. The molecule has 23 heavy (non-hydrogen) atoms. The molecule has 1 aromatic rings. The number of amides is 2. The van der Waals surface area contributed by atoms with E-state index < -0.39 is 0 Å². The second-order valence-electron chi connectivity index (χ2n) is 7.14. The fraction of sp³-hybridized carbons (Fsp3) is 0.611. The fourth-order valence-electron chi connectivity index (χ4n) is 3.87. The Morgan fingerprint density at radius 2 is 1.87 bits per heavy atom. The maximum atomic E-state index is 12.4. The minimum absolute atomic E-state index is 0.0136. The molecule has 0 radical (unpaired) electrons. The summed E-state index contributed by atoms with van der Waals surface area (Å²) in [6, 6.07) is 8.16. The van der Waals surface area contributed by atoms with E-state index in [2.05, 4.69) is 22.8 Å². The normalized spacial score (nSPS) is 28.9. The fourth-order valence-corrected chi connectivity index (χ4v) is 4.00. The predicted molar refractivity (Wildman–Crippen MR) is 89.8 cm³/mol. The van der Waals surface area contributed by atoms with E-state index in [4.69, 9.17) is 16.3 Å². The zero-order valence-corrected chi connectivity index (χ0v) is 13.9. The van der Waals surface area contributed by atoms with E-state index in [0.29, 0.717) is 11.8 Å². The molecule has 2 atom stereocenters. The molecule has 1 aromatic carbocycles. The molecule has 2 N–H and O–H groups in total. The largest absolute Gasteiger partial charge is 0.381 e. The first kappa shape index (κ1) is 15.3. The number of carbonyl (C=O) groups is 1. The number of benzene rings is 1. The first-order chi connectivity index (χ1) is 11.2. The Hall–Kier alpha value is -1.26. The molecule has 0 bridgehead atoms. The molecule has 4 rings (SSSR count). The van der Waals surface area contributed by atoms with Gasteiger partial charge in [0.25, 0.3) is 0 Å². The number of hydrogen-bond donors (Lipinski definition) is 2. The molecule has 1 saturated heterocycles. The van der Waals surface area contributed by atoms with Gasteiger partial charge < -0.3 is 15.4 Å². The zero-order valence-electron chi connectivity index (χ0n) is 13.2. The SMILES string of the molecule is O=C(N[C@@H]1C[C@H]1c1ccc(Cl)cc1)NC1(C2CC2)CCOCC1. The van der Waals surface area contributed by atoms with Gasteiger partial charge >= 0.3 is 6.03 Å². The van der Waals surface area contributed by atoms with E-state index in [1.807, 2.05) is 12.1 Å². The second-order valence-corrected chi connectivity index (χ2v) is 7.58. The van der Waals surface area contributed by atoms with E-state index in [9.17, 15) is 4.79 Å². The van der Waals surface area contributed by atoms with Gasteiger partial charge in [-0.3, -0.25) is 0 Å². The van der Waals surface area contributed by atoms with Crippen LogP contribution in [0.25, 0.3) is 0 Å². The predicted octanol–water partition coefficient (Wildman–Crippen LogP) is 3.45. The molecular formula is C18H23ClN2O2. The molecule has 1 heterocycles. The third-order valence-corrected chi connectivity index (χ3v) is 5.76. The van der Waals surface area contributed by atoms with Gasteiger partial charge in [-0.25, -0.2) is 4.79 Å². The Morgan fingerprint density at radius 3 is 2.52 bits per heavy atom. The average molecular weight is 335 g/mol. The molecule has 2 amide bonds. The van der Waals surface area contributed by atoms with Gasteiger partial charge in [-0.1, -0.05) is 23.7 Å². The standard InChI is InChI=1S/C18H23ClN2O2/c19-14-5-1-12(2-6-14)15-11-16(15)20-17(22)21-18(13-3-4-13)7-9-23-10-8-18/h1-2,5-6,13,15-16H,3-4,7-11H2,(H2,20,21,22)/t15-,16+/m0/s1. The smallest absolute Gasteiger partial charge is 0.315 e. The number of carbonyl (C=O) groups excluding carboxylic acids is 1. The van der Waals surface area contributed by atoms with Crippen molar-refractivity contribution in [3.05, 3.63) is 34.9 Å². The number of rotatable bonds is 4. The molecule has 124 valence electrons. The van der Waals surface area contributed by atoms with E-state index in [-0.39, 0.29) is 17.6 Å². The summed E-state index contributed by atoms with van der Waals surface area (Å²) in [5.41, 5.74) is 1.22. The highest BCUT2D eigenvalue weighted by atomic mass is 35.5. The van der Waals surface area contributed by atoms with Gasteiger partial charge in [0.15, 0.2) is 0 Å². The van der Waals surface area contributed by atoms with Crippen LogP contribution in [0.2, 0.25) is 5.02 Å². The Morgan fingerprint density at radius 1 is 1.17 bits per heavy atom. The van der Waals surface area contributed by atoms with Crippen LogP contribution in [-0.2, 0) is 4.74 Å². The lowest BCUT2D eigenvalue weighted by Crippen LogP contribution is -2.56. The summed E-state index contributed by atoms with van der Waals surface area (Å²) in [5, 5.41) is 7.20. The highest BCUT2D eigenvalue weighted by Gasteiger charge is 2.48. The van der Waals surface area contributed by atoms with Crippen LogP contribution in [0, 0.1) is 5.92 Å². The summed E-state index contributed by atoms with van der Waals surface area (Å²) in [6.07, 6.45) is 5.36. The lowest BCUT2D eigenvalue weighted by Gasteiger charge is -2.38. The highest BCUT2D eigenvalue weighted by Crippen LogP contribution is 2.45. The Balaban J connectivity index is 1.33. The Labute approximate surface area is 141 Å². The number of ether oxygens (including phenoxy) is 1. The van der Waals surface area contributed by atoms with Crippen LogP contribution in [0.1, 0.15) is 43.6 Å². The van der Waals surface area contributed by atoms with Gasteiger partial charge in [-0.2, -0.15) is 0 Å². The van der Waals surface area contributed by atoms with Crippen molar-refractivity contribution in [1.29, 1.82) is 0 Å². The highest BCUT2D eigenvalue weighted by molar-refractivity contribution is 6.30. The van der Waals surface area contributed by atoms with E-state index >= 15 is 0 Å². The number of nitrogens with one attached hydrogen (secondary N) is 2. The summed E-state index contributed by atoms with van der Waals surface area (Å²) in [6.45, 7) is 1.52. The van der Waals surface area contributed by atoms with Crippen molar-refractivity contribution in [2.24, 2.45) is 5.92 Å². The third-order valence-electron chi connectivity index (χ3n) is 5.51. The minimum atomic E-state index is -0.0347. The van der Waals surface area contributed by atoms with Gasteiger partial charge in [0.05, 0.1) is 0 Å². The minimum Gasteiger partial charge on any atom is -0.381 e. The molecule has 0 aromatic heterocycles. The molecule has 1 aliphatic heterocycles.